The highest BCUT2D eigenvalue weighted by Gasteiger charge is 2.21. The lowest BCUT2D eigenvalue weighted by atomic mass is 10.3. The van der Waals surface area contributed by atoms with Crippen LogP contribution < -0.4 is 10.5 Å². The molecule has 0 aliphatic heterocycles. The van der Waals surface area contributed by atoms with E-state index in [0.717, 1.165) is 12.1 Å². The van der Waals surface area contributed by atoms with Crippen molar-refractivity contribution in [2.45, 2.75) is 24.3 Å². The molecule has 7 nitrogen and oxygen atoms in total. The molecule has 0 spiro atoms. The molecule has 0 radical (unpaired) electrons. The standard InChI is InChI=1S/C10H14FN3O4S/c1-7(12)4-5-13-19(17,18)8-2-3-9(11)10(6-8)14(15)16/h2-3,6-7,13H,4-5,12H2,1H3. The zero-order valence-corrected chi connectivity index (χ0v) is 11.0. The summed E-state index contributed by atoms with van der Waals surface area (Å²) >= 11 is 0. The summed E-state index contributed by atoms with van der Waals surface area (Å²) < 4.78 is 38.9. The zero-order valence-electron chi connectivity index (χ0n) is 10.2. The maximum atomic E-state index is 13.1. The van der Waals surface area contributed by atoms with Crippen molar-refractivity contribution in [2.24, 2.45) is 5.73 Å². The molecule has 0 aliphatic carbocycles. The summed E-state index contributed by atoms with van der Waals surface area (Å²) in [5.41, 5.74) is 4.59. The average molecular weight is 291 g/mol. The molecule has 0 saturated heterocycles. The zero-order chi connectivity index (χ0) is 14.6. The summed E-state index contributed by atoms with van der Waals surface area (Å²) in [4.78, 5) is 9.21. The van der Waals surface area contributed by atoms with Crippen LogP contribution in [-0.2, 0) is 10.0 Å². The molecule has 19 heavy (non-hydrogen) atoms. The molecule has 0 aliphatic rings. The number of nitro benzene ring substituents is 1. The summed E-state index contributed by atoms with van der Waals surface area (Å²) in [6, 6.07) is 2.23. The van der Waals surface area contributed by atoms with Crippen LogP contribution in [0.5, 0.6) is 0 Å². The number of nitrogens with zero attached hydrogens (tertiary/aromatic N) is 1. The third-order valence-electron chi connectivity index (χ3n) is 2.32. The lowest BCUT2D eigenvalue weighted by Gasteiger charge is -2.08. The Kier molecular flexibility index (Phi) is 4.92. The molecule has 0 heterocycles. The highest BCUT2D eigenvalue weighted by Crippen LogP contribution is 2.21. The number of benzene rings is 1. The van der Waals surface area contributed by atoms with Crippen molar-refractivity contribution >= 4 is 15.7 Å². The van der Waals surface area contributed by atoms with E-state index < -0.39 is 26.5 Å². The van der Waals surface area contributed by atoms with Gasteiger partial charge in [0.2, 0.25) is 15.8 Å². The molecular weight excluding hydrogens is 277 g/mol. The SMILES string of the molecule is CC(N)CCNS(=O)(=O)c1ccc(F)c([N+](=O)[O-])c1. The minimum atomic E-state index is -3.91. The monoisotopic (exact) mass is 291 g/mol. The first kappa shape index (κ1) is 15.5. The van der Waals surface area contributed by atoms with Gasteiger partial charge in [0.25, 0.3) is 0 Å². The van der Waals surface area contributed by atoms with Gasteiger partial charge < -0.3 is 5.73 Å². The lowest BCUT2D eigenvalue weighted by Crippen LogP contribution is -2.29. The van der Waals surface area contributed by atoms with Gasteiger partial charge in [-0.15, -0.1) is 0 Å². The highest BCUT2D eigenvalue weighted by atomic mass is 32.2. The molecule has 0 saturated carbocycles. The van der Waals surface area contributed by atoms with Crippen LogP contribution in [-0.4, -0.2) is 25.9 Å². The Hall–Kier alpha value is -1.58. The molecule has 0 aromatic heterocycles. The van der Waals surface area contributed by atoms with Crippen LogP contribution in [0.4, 0.5) is 10.1 Å². The van der Waals surface area contributed by atoms with Crippen LogP contribution in [0.2, 0.25) is 0 Å². The number of nitrogens with two attached hydrogens (primary N) is 1. The maximum absolute atomic E-state index is 13.1. The summed E-state index contributed by atoms with van der Waals surface area (Å²) in [6.07, 6.45) is 0.419. The molecular formula is C10H14FN3O4S. The van der Waals surface area contributed by atoms with Crippen LogP contribution in [0.15, 0.2) is 23.1 Å². The third-order valence-corrected chi connectivity index (χ3v) is 3.78. The van der Waals surface area contributed by atoms with E-state index in [2.05, 4.69) is 4.72 Å². The number of nitro groups is 1. The first-order valence-electron chi connectivity index (χ1n) is 5.43. The normalized spacial score (nSPS) is 13.2. The van der Waals surface area contributed by atoms with Crippen molar-refractivity contribution in [2.75, 3.05) is 6.54 Å². The molecule has 1 rings (SSSR count). The third kappa shape index (κ3) is 4.23. The quantitative estimate of drug-likeness (QED) is 0.592. The summed E-state index contributed by atoms with van der Waals surface area (Å²) in [5.74, 6) is -1.08. The van der Waals surface area contributed by atoms with Crippen molar-refractivity contribution in [1.82, 2.24) is 4.72 Å². The van der Waals surface area contributed by atoms with Gasteiger partial charge in [0.15, 0.2) is 0 Å². The van der Waals surface area contributed by atoms with Crippen molar-refractivity contribution in [1.29, 1.82) is 0 Å². The van der Waals surface area contributed by atoms with Gasteiger partial charge in [-0.1, -0.05) is 0 Å². The van der Waals surface area contributed by atoms with E-state index in [-0.39, 0.29) is 17.5 Å². The van der Waals surface area contributed by atoms with Crippen molar-refractivity contribution in [3.8, 4) is 0 Å². The topological polar surface area (TPSA) is 115 Å². The summed E-state index contributed by atoms with van der Waals surface area (Å²) in [5, 5.41) is 10.5. The lowest BCUT2D eigenvalue weighted by molar-refractivity contribution is -0.387. The molecule has 1 unspecified atom stereocenters. The fraction of sp³-hybridized carbons (Fsp3) is 0.400. The summed E-state index contributed by atoms with van der Waals surface area (Å²) in [6.45, 7) is 1.82. The molecule has 0 bridgehead atoms. The predicted molar refractivity (Wildman–Crippen MR) is 66.5 cm³/mol. The number of rotatable bonds is 6. The molecule has 1 aromatic carbocycles. The van der Waals surface area contributed by atoms with E-state index in [4.69, 9.17) is 5.73 Å². The second-order valence-corrected chi connectivity index (χ2v) is 5.80. The molecule has 0 fully saturated rings. The van der Waals surface area contributed by atoms with Crippen molar-refractivity contribution in [3.05, 3.63) is 34.1 Å². The van der Waals surface area contributed by atoms with Gasteiger partial charge >= 0.3 is 5.69 Å². The number of sulfonamides is 1. The highest BCUT2D eigenvalue weighted by molar-refractivity contribution is 7.89. The average Bonchev–Trinajstić information content (AvgIpc) is 2.27. The van der Waals surface area contributed by atoms with Gasteiger partial charge in [-0.05, 0) is 25.5 Å². The Labute approximate surface area is 109 Å². The first-order valence-corrected chi connectivity index (χ1v) is 6.91. The van der Waals surface area contributed by atoms with Crippen LogP contribution in [0, 0.1) is 15.9 Å². The minimum Gasteiger partial charge on any atom is -0.328 e. The molecule has 1 atom stereocenters. The maximum Gasteiger partial charge on any atom is 0.306 e. The van der Waals surface area contributed by atoms with Gasteiger partial charge in [0.1, 0.15) is 0 Å². The van der Waals surface area contributed by atoms with E-state index in [9.17, 15) is 22.9 Å². The van der Waals surface area contributed by atoms with Gasteiger partial charge in [-0.2, -0.15) is 4.39 Å². The van der Waals surface area contributed by atoms with Crippen LogP contribution >= 0.6 is 0 Å². The number of hydrogen-bond donors (Lipinski definition) is 2. The Balaban J connectivity index is 2.96. The fourth-order valence-electron chi connectivity index (χ4n) is 1.30. The Morgan fingerprint density at radius 2 is 2.16 bits per heavy atom. The smallest absolute Gasteiger partial charge is 0.306 e. The van der Waals surface area contributed by atoms with Crippen molar-refractivity contribution < 1.29 is 17.7 Å². The summed E-state index contributed by atoms with van der Waals surface area (Å²) in [7, 11) is -3.91. The number of nitrogens with one attached hydrogen (secondary N) is 1. The second kappa shape index (κ2) is 6.04. The van der Waals surface area contributed by atoms with E-state index in [0.29, 0.717) is 12.5 Å². The molecule has 1 aromatic rings. The van der Waals surface area contributed by atoms with Crippen molar-refractivity contribution in [3.63, 3.8) is 0 Å². The van der Waals surface area contributed by atoms with Crippen LogP contribution in [0.25, 0.3) is 0 Å². The predicted octanol–water partition coefficient (Wildman–Crippen LogP) is 0.750. The van der Waals surface area contributed by atoms with E-state index in [1.54, 1.807) is 6.92 Å². The van der Waals surface area contributed by atoms with Gasteiger partial charge in [-0.3, -0.25) is 10.1 Å². The van der Waals surface area contributed by atoms with Gasteiger partial charge in [-0.25, -0.2) is 13.1 Å². The molecule has 9 heteroatoms. The van der Waals surface area contributed by atoms with E-state index in [1.807, 2.05) is 0 Å². The van der Waals surface area contributed by atoms with Gasteiger partial charge in [0.05, 0.1) is 9.82 Å². The first-order chi connectivity index (χ1) is 8.74. The Morgan fingerprint density at radius 1 is 1.53 bits per heavy atom. The fourth-order valence-corrected chi connectivity index (χ4v) is 2.37. The second-order valence-electron chi connectivity index (χ2n) is 4.03. The molecule has 106 valence electrons. The Bertz CT molecular complexity index is 574. The molecule has 3 N–H and O–H groups in total. The Morgan fingerprint density at radius 3 is 2.68 bits per heavy atom. The van der Waals surface area contributed by atoms with E-state index >= 15 is 0 Å². The minimum absolute atomic E-state index is 0.102. The number of hydrogen-bond acceptors (Lipinski definition) is 5. The number of halogens is 1. The van der Waals surface area contributed by atoms with Crippen LogP contribution in [0.1, 0.15) is 13.3 Å². The largest absolute Gasteiger partial charge is 0.328 e. The van der Waals surface area contributed by atoms with Crippen LogP contribution in [0.3, 0.4) is 0 Å². The molecule has 0 amide bonds. The van der Waals surface area contributed by atoms with E-state index in [1.165, 1.54) is 0 Å². The van der Waals surface area contributed by atoms with Gasteiger partial charge in [0, 0.05) is 18.7 Å².